The summed E-state index contributed by atoms with van der Waals surface area (Å²) in [6.45, 7) is 0. The van der Waals surface area contributed by atoms with Crippen LogP contribution in [0.4, 0.5) is 30.7 Å². The van der Waals surface area contributed by atoms with Crippen LogP contribution in [-0.4, -0.2) is 29.7 Å². The Labute approximate surface area is 158 Å². The highest BCUT2D eigenvalue weighted by Gasteiger charge is 2.76. The van der Waals surface area contributed by atoms with Crippen LogP contribution in [0.3, 0.4) is 0 Å². The highest BCUT2D eigenvalue weighted by atomic mass is 35.5. The Kier molecular flexibility index (Phi) is 5.98. The van der Waals surface area contributed by atoms with Gasteiger partial charge in [0.25, 0.3) is 5.91 Å². The molecule has 0 saturated heterocycles. The van der Waals surface area contributed by atoms with Gasteiger partial charge in [0.1, 0.15) is 0 Å². The molecule has 0 saturated carbocycles. The maximum absolute atomic E-state index is 13.6. The van der Waals surface area contributed by atoms with E-state index in [-0.39, 0.29) is 24.1 Å². The second-order valence-corrected chi connectivity index (χ2v) is 6.31. The SMILES string of the molecule is O=C(NNC1=C(C(=O)C(F)(F)C(F)(F)C(F)(F)F)CCC1)c1ccc(Cl)cc1. The van der Waals surface area contributed by atoms with E-state index in [2.05, 4.69) is 10.9 Å². The molecule has 2 rings (SSSR count). The van der Waals surface area contributed by atoms with Gasteiger partial charge in [0.15, 0.2) is 0 Å². The largest absolute Gasteiger partial charge is 0.460 e. The van der Waals surface area contributed by atoms with Crippen LogP contribution in [0.5, 0.6) is 0 Å². The van der Waals surface area contributed by atoms with Gasteiger partial charge in [0, 0.05) is 21.9 Å². The highest BCUT2D eigenvalue weighted by molar-refractivity contribution is 6.30. The summed E-state index contributed by atoms with van der Waals surface area (Å²) in [5.74, 6) is -15.9. The quantitative estimate of drug-likeness (QED) is 0.517. The van der Waals surface area contributed by atoms with E-state index in [4.69, 9.17) is 11.6 Å². The number of alkyl halides is 7. The van der Waals surface area contributed by atoms with Gasteiger partial charge in [-0.3, -0.25) is 15.0 Å². The summed E-state index contributed by atoms with van der Waals surface area (Å²) < 4.78 is 90.2. The lowest BCUT2D eigenvalue weighted by Crippen LogP contribution is -2.56. The second kappa shape index (κ2) is 7.61. The molecule has 0 fully saturated rings. The number of carbonyl (C=O) groups is 2. The Morgan fingerprint density at radius 3 is 2.04 bits per heavy atom. The van der Waals surface area contributed by atoms with Crippen molar-refractivity contribution in [3.63, 3.8) is 0 Å². The fourth-order valence-corrected chi connectivity index (χ4v) is 2.57. The molecule has 1 aromatic carbocycles. The zero-order chi connectivity index (χ0) is 21.3. The minimum Gasteiger partial charge on any atom is -0.302 e. The van der Waals surface area contributed by atoms with E-state index in [9.17, 15) is 40.3 Å². The van der Waals surface area contributed by atoms with E-state index in [0.717, 1.165) is 0 Å². The first-order valence-corrected chi connectivity index (χ1v) is 8.08. The lowest BCUT2D eigenvalue weighted by Gasteiger charge is -2.27. The average molecular weight is 433 g/mol. The van der Waals surface area contributed by atoms with Crippen LogP contribution in [-0.2, 0) is 4.79 Å². The lowest BCUT2D eigenvalue weighted by molar-refractivity contribution is -0.342. The number of Topliss-reactive ketones (excluding diaryl/α,β-unsaturated/α-hetero) is 1. The van der Waals surface area contributed by atoms with Gasteiger partial charge in [-0.25, -0.2) is 0 Å². The molecule has 0 radical (unpaired) electrons. The summed E-state index contributed by atoms with van der Waals surface area (Å²) in [4.78, 5) is 23.7. The predicted octanol–water partition coefficient (Wildman–Crippen LogP) is 4.41. The maximum atomic E-state index is 13.6. The summed E-state index contributed by atoms with van der Waals surface area (Å²) in [7, 11) is 0. The third kappa shape index (κ3) is 4.08. The van der Waals surface area contributed by atoms with Crippen molar-refractivity contribution in [2.75, 3.05) is 0 Å². The summed E-state index contributed by atoms with van der Waals surface area (Å²) in [6.07, 6.45) is -7.10. The van der Waals surface area contributed by atoms with Gasteiger partial charge in [0.2, 0.25) is 5.78 Å². The number of benzene rings is 1. The third-order valence-corrected chi connectivity index (χ3v) is 4.21. The van der Waals surface area contributed by atoms with Gasteiger partial charge >= 0.3 is 18.0 Å². The molecule has 1 aliphatic carbocycles. The van der Waals surface area contributed by atoms with Gasteiger partial charge in [-0.05, 0) is 43.5 Å². The monoisotopic (exact) mass is 432 g/mol. The normalized spacial score (nSPS) is 15.6. The fraction of sp³-hybridized carbons (Fsp3) is 0.375. The minimum atomic E-state index is -6.61. The van der Waals surface area contributed by atoms with Crippen molar-refractivity contribution < 1.29 is 40.3 Å². The number of amides is 1. The summed E-state index contributed by atoms with van der Waals surface area (Å²) >= 11 is 5.66. The van der Waals surface area contributed by atoms with Crippen LogP contribution in [0, 0.1) is 0 Å². The van der Waals surface area contributed by atoms with Gasteiger partial charge in [-0.2, -0.15) is 30.7 Å². The molecular weight excluding hydrogens is 421 g/mol. The van der Waals surface area contributed by atoms with Crippen LogP contribution in [0.15, 0.2) is 35.5 Å². The van der Waals surface area contributed by atoms with Crippen LogP contribution in [0.25, 0.3) is 0 Å². The van der Waals surface area contributed by atoms with Crippen molar-refractivity contribution in [3.8, 4) is 0 Å². The number of rotatable bonds is 6. The molecule has 0 heterocycles. The third-order valence-electron chi connectivity index (χ3n) is 3.96. The molecule has 4 nitrogen and oxygen atoms in total. The molecule has 0 atom stereocenters. The van der Waals surface area contributed by atoms with Crippen LogP contribution in [0.2, 0.25) is 5.02 Å². The molecule has 2 N–H and O–H groups in total. The Balaban J connectivity index is 2.19. The second-order valence-electron chi connectivity index (χ2n) is 5.87. The number of hydrogen-bond donors (Lipinski definition) is 2. The molecule has 1 aliphatic rings. The summed E-state index contributed by atoms with van der Waals surface area (Å²) in [6, 6.07) is 5.43. The number of nitrogens with one attached hydrogen (secondary N) is 2. The van der Waals surface area contributed by atoms with Gasteiger partial charge in [0.05, 0.1) is 0 Å². The average Bonchev–Trinajstić information content (AvgIpc) is 3.06. The van der Waals surface area contributed by atoms with E-state index < -0.39 is 41.7 Å². The lowest BCUT2D eigenvalue weighted by atomic mass is 9.99. The molecule has 0 spiro atoms. The van der Waals surface area contributed by atoms with E-state index in [1.165, 1.54) is 24.3 Å². The van der Waals surface area contributed by atoms with Crippen molar-refractivity contribution in [2.45, 2.75) is 37.3 Å². The number of ketones is 1. The molecule has 1 amide bonds. The van der Waals surface area contributed by atoms with Gasteiger partial charge < -0.3 is 5.43 Å². The number of hydrogen-bond acceptors (Lipinski definition) is 3. The first kappa shape index (κ1) is 22.0. The molecule has 0 unspecified atom stereocenters. The molecular formula is C16H12ClF7N2O2. The van der Waals surface area contributed by atoms with Crippen molar-refractivity contribution in [3.05, 3.63) is 46.1 Å². The Morgan fingerprint density at radius 1 is 0.929 bits per heavy atom. The smallest absolute Gasteiger partial charge is 0.302 e. The number of halogens is 8. The summed E-state index contributed by atoms with van der Waals surface area (Å²) in [5, 5.41) is 0.337. The topological polar surface area (TPSA) is 58.2 Å². The molecule has 1 aromatic rings. The van der Waals surface area contributed by atoms with Crippen LogP contribution >= 0.6 is 11.6 Å². The number of allylic oxidation sites excluding steroid dienone is 2. The maximum Gasteiger partial charge on any atom is 0.460 e. The standard InChI is InChI=1S/C16H12ClF7N2O2/c17-9-6-4-8(5-7-9)13(28)26-25-11-3-1-2-10(11)12(27)14(18,19)15(20,21)16(22,23)24/h4-7,25H,1-3H2,(H,26,28). The van der Waals surface area contributed by atoms with Gasteiger partial charge in [-0.15, -0.1) is 0 Å². The summed E-state index contributed by atoms with van der Waals surface area (Å²) in [5.41, 5.74) is 3.04. The Morgan fingerprint density at radius 2 is 1.50 bits per heavy atom. The fourth-order valence-electron chi connectivity index (χ4n) is 2.45. The molecule has 0 bridgehead atoms. The Hall–Kier alpha value is -2.30. The predicted molar refractivity (Wildman–Crippen MR) is 83.9 cm³/mol. The highest BCUT2D eigenvalue weighted by Crippen LogP contribution is 2.48. The van der Waals surface area contributed by atoms with Crippen molar-refractivity contribution >= 4 is 23.3 Å². The van der Waals surface area contributed by atoms with E-state index >= 15 is 0 Å². The molecule has 12 heteroatoms. The Bertz CT molecular complexity index is 804. The number of carbonyl (C=O) groups excluding carboxylic acids is 2. The van der Waals surface area contributed by atoms with Gasteiger partial charge in [-0.1, -0.05) is 11.6 Å². The first-order valence-electron chi connectivity index (χ1n) is 7.70. The minimum absolute atomic E-state index is 0.0495. The van der Waals surface area contributed by atoms with Crippen molar-refractivity contribution in [1.29, 1.82) is 0 Å². The molecule has 0 aromatic heterocycles. The van der Waals surface area contributed by atoms with E-state index in [1.807, 2.05) is 0 Å². The molecule has 154 valence electrons. The van der Waals surface area contributed by atoms with Crippen molar-refractivity contribution in [1.82, 2.24) is 10.9 Å². The number of hydrazine groups is 1. The zero-order valence-electron chi connectivity index (χ0n) is 13.8. The zero-order valence-corrected chi connectivity index (χ0v) is 14.5. The molecule has 0 aliphatic heterocycles. The van der Waals surface area contributed by atoms with Crippen LogP contribution in [0.1, 0.15) is 29.6 Å². The van der Waals surface area contributed by atoms with E-state index in [0.29, 0.717) is 5.02 Å². The van der Waals surface area contributed by atoms with Crippen molar-refractivity contribution in [2.24, 2.45) is 0 Å². The molecule has 28 heavy (non-hydrogen) atoms. The van der Waals surface area contributed by atoms with Crippen LogP contribution < -0.4 is 10.9 Å². The van der Waals surface area contributed by atoms with E-state index in [1.54, 1.807) is 0 Å². The first-order chi connectivity index (χ1) is 12.8.